The van der Waals surface area contributed by atoms with Crippen LogP contribution in [0.15, 0.2) is 162 Å². The lowest BCUT2D eigenvalue weighted by Crippen LogP contribution is -2.55. The van der Waals surface area contributed by atoms with E-state index in [4.69, 9.17) is 14.5 Å². The molecule has 7 aromatic rings. The van der Waals surface area contributed by atoms with Crippen molar-refractivity contribution in [1.29, 1.82) is 0 Å². The van der Waals surface area contributed by atoms with Crippen LogP contribution in [0, 0.1) is 27.7 Å². The molecule has 0 bridgehead atoms. The van der Waals surface area contributed by atoms with E-state index >= 15 is 0 Å². The summed E-state index contributed by atoms with van der Waals surface area (Å²) in [5.74, 6) is 1.74. The Morgan fingerprint density at radius 2 is 1.09 bits per heavy atom. The van der Waals surface area contributed by atoms with E-state index in [1.165, 1.54) is 66.8 Å². The molecule has 0 fully saturated rings. The summed E-state index contributed by atoms with van der Waals surface area (Å²) in [5.41, 5.74) is 24.6. The molecule has 0 N–H and O–H groups in total. The van der Waals surface area contributed by atoms with Crippen LogP contribution < -0.4 is 9.47 Å². The fourth-order valence-corrected chi connectivity index (χ4v) is 12.0. The third-order valence-electron chi connectivity index (χ3n) is 16.6. The summed E-state index contributed by atoms with van der Waals surface area (Å²) >= 11 is 0. The Balaban J connectivity index is 1.58. The number of allylic oxidation sites excluding steroid dienone is 4. The van der Waals surface area contributed by atoms with Gasteiger partial charge < -0.3 is 9.47 Å². The lowest BCUT2D eigenvalue weighted by Gasteiger charge is -2.47. The quantitative estimate of drug-likeness (QED) is 0.0903. The van der Waals surface area contributed by atoms with Crippen molar-refractivity contribution in [2.75, 3.05) is 6.61 Å². The van der Waals surface area contributed by atoms with Gasteiger partial charge in [0.05, 0.1) is 0 Å². The molecule has 0 radical (unpaired) electrons. The van der Waals surface area contributed by atoms with Gasteiger partial charge in [-0.3, -0.25) is 4.99 Å². The number of hydrogen-bond acceptors (Lipinski definition) is 3. The third kappa shape index (κ3) is 11.3. The van der Waals surface area contributed by atoms with Crippen molar-refractivity contribution in [3.63, 3.8) is 0 Å². The Morgan fingerprint density at radius 1 is 0.577 bits per heavy atom. The highest BCUT2D eigenvalue weighted by Gasteiger charge is 2.52. The predicted molar refractivity (Wildman–Crippen MR) is 337 cm³/mol. The lowest BCUT2D eigenvalue weighted by atomic mass is 9.69. The zero-order valence-corrected chi connectivity index (χ0v) is 50.3. The standard InChI is InChI=1S/C75H87NO2/c1-18-48(6)62-42-57(73(12,13)14)44-64(60-40-28-26-32-49(60)7)71(62)77-47-67(76-66(22-5)69-52(10)35-31-39-56(69)20-3)75(46-54-36-24-23-25-37-54)70(59(21-4)68-51(9)34-30-38-55(68)19-2)53(11)63-43-58(74(15,16)17)45-65(72(63)78-75)61-41-29-27-33-50(61)8/h18,21,23-45,67H,19-20,22,46-47H2,1-17H3. The summed E-state index contributed by atoms with van der Waals surface area (Å²) in [4.78, 5) is 6.31. The van der Waals surface area contributed by atoms with Crippen molar-refractivity contribution in [2.24, 2.45) is 4.99 Å². The Kier molecular flexibility index (Phi) is 17.3. The number of fused-ring (bicyclic) bond motifs is 1. The Bertz CT molecular complexity index is 3450. The van der Waals surface area contributed by atoms with E-state index in [9.17, 15) is 0 Å². The number of nitrogens with zero attached hydrogens (tertiary/aromatic N) is 1. The number of rotatable bonds is 16. The Hall–Kier alpha value is -6.97. The number of hydrogen-bond donors (Lipinski definition) is 0. The zero-order chi connectivity index (χ0) is 56.3. The van der Waals surface area contributed by atoms with Gasteiger partial charge in [0.15, 0.2) is 5.60 Å². The first-order chi connectivity index (χ1) is 37.2. The Labute approximate surface area is 470 Å². The van der Waals surface area contributed by atoms with Crippen molar-refractivity contribution < 1.29 is 9.47 Å². The molecule has 1 aliphatic rings. The number of aryl methyl sites for hydroxylation is 6. The van der Waals surface area contributed by atoms with Crippen LogP contribution >= 0.6 is 0 Å². The second-order valence-electron chi connectivity index (χ2n) is 23.9. The molecule has 0 saturated heterocycles. The fraction of sp³-hybridized carbons (Fsp3) is 0.347. The summed E-state index contributed by atoms with van der Waals surface area (Å²) in [6.45, 7) is 38.8. The highest BCUT2D eigenvalue weighted by molar-refractivity contribution is 6.03. The molecule has 8 rings (SSSR count). The predicted octanol–water partition coefficient (Wildman–Crippen LogP) is 20.0. The molecule has 7 aromatic carbocycles. The van der Waals surface area contributed by atoms with Gasteiger partial charge in [-0.15, -0.1) is 0 Å². The minimum Gasteiger partial charge on any atom is -0.490 e. The summed E-state index contributed by atoms with van der Waals surface area (Å²) in [5, 5.41) is 0. The van der Waals surface area contributed by atoms with E-state index in [1.807, 2.05) is 0 Å². The molecule has 0 amide bonds. The van der Waals surface area contributed by atoms with Gasteiger partial charge in [-0.25, -0.2) is 0 Å². The molecule has 0 spiro atoms. The van der Waals surface area contributed by atoms with E-state index in [1.54, 1.807) is 0 Å². The van der Waals surface area contributed by atoms with Gasteiger partial charge in [0.25, 0.3) is 0 Å². The fourth-order valence-electron chi connectivity index (χ4n) is 12.0. The SMILES string of the molecule is CC=C(C)c1cc(C(C)(C)C)cc(-c2ccccc2C)c1OCC(N=C(CC)c1c(C)cccc1CC)C1(Cc2ccccc2)Oc2c(cc(C(C)(C)C)cc2-c2ccccc2C)C(C)=C1C(=CC)c1c(C)cccc1CC. The summed E-state index contributed by atoms with van der Waals surface area (Å²) < 4.78 is 16.5. The minimum absolute atomic E-state index is 0.121. The smallest absolute Gasteiger partial charge is 0.164 e. The maximum atomic E-state index is 8.55. The van der Waals surface area contributed by atoms with Crippen LogP contribution in [-0.2, 0) is 30.1 Å². The van der Waals surface area contributed by atoms with Gasteiger partial charge in [0, 0.05) is 45.5 Å². The molecule has 3 heteroatoms. The second-order valence-corrected chi connectivity index (χ2v) is 23.9. The molecule has 3 nitrogen and oxygen atoms in total. The molecule has 78 heavy (non-hydrogen) atoms. The molecular weight excluding hydrogens is 947 g/mol. The first-order valence-electron chi connectivity index (χ1n) is 28.8. The lowest BCUT2D eigenvalue weighted by molar-refractivity contribution is 0.0603. The van der Waals surface area contributed by atoms with Crippen LogP contribution in [0.5, 0.6) is 11.5 Å². The average molecular weight is 1030 g/mol. The van der Waals surface area contributed by atoms with Crippen molar-refractivity contribution in [1.82, 2.24) is 0 Å². The normalized spacial score (nSPS) is 15.8. The highest BCUT2D eigenvalue weighted by atomic mass is 16.5. The van der Waals surface area contributed by atoms with Crippen LogP contribution in [0.2, 0.25) is 0 Å². The minimum atomic E-state index is -1.15. The van der Waals surface area contributed by atoms with E-state index < -0.39 is 11.6 Å². The van der Waals surface area contributed by atoms with Crippen LogP contribution in [-0.4, -0.2) is 24.0 Å². The topological polar surface area (TPSA) is 30.8 Å². The van der Waals surface area contributed by atoms with Gasteiger partial charge in [-0.05, 0) is 193 Å². The van der Waals surface area contributed by atoms with Crippen molar-refractivity contribution >= 4 is 22.4 Å². The summed E-state index contributed by atoms with van der Waals surface area (Å²) in [6.07, 6.45) is 7.59. The maximum absolute atomic E-state index is 8.55. The largest absolute Gasteiger partial charge is 0.490 e. The Morgan fingerprint density at radius 3 is 1.64 bits per heavy atom. The van der Waals surface area contributed by atoms with Crippen molar-refractivity contribution in [3.05, 3.63) is 230 Å². The van der Waals surface area contributed by atoms with E-state index in [0.717, 1.165) is 86.6 Å². The van der Waals surface area contributed by atoms with Gasteiger partial charge in [0.2, 0.25) is 0 Å². The number of benzene rings is 7. The van der Waals surface area contributed by atoms with Crippen molar-refractivity contribution in [2.45, 2.75) is 166 Å². The molecule has 1 aliphatic heterocycles. The molecule has 2 atom stereocenters. The van der Waals surface area contributed by atoms with Crippen molar-refractivity contribution in [3.8, 4) is 33.8 Å². The third-order valence-corrected chi connectivity index (χ3v) is 16.6. The first-order valence-corrected chi connectivity index (χ1v) is 28.8. The zero-order valence-electron chi connectivity index (χ0n) is 50.3. The molecule has 1 heterocycles. The van der Waals surface area contributed by atoms with Gasteiger partial charge in [0.1, 0.15) is 24.1 Å². The number of ether oxygens (including phenoxy) is 2. The summed E-state index contributed by atoms with van der Waals surface area (Å²) in [6, 6.07) is 51.1. The molecule has 2 unspecified atom stereocenters. The maximum Gasteiger partial charge on any atom is 0.164 e. The first kappa shape index (κ1) is 57.2. The average Bonchev–Trinajstić information content (AvgIpc) is 3.57. The van der Waals surface area contributed by atoms with Crippen LogP contribution in [0.3, 0.4) is 0 Å². The van der Waals surface area contributed by atoms with Crippen LogP contribution in [0.25, 0.3) is 39.0 Å². The van der Waals surface area contributed by atoms with Gasteiger partial charge in [-0.2, -0.15) is 0 Å². The highest BCUT2D eigenvalue weighted by Crippen LogP contribution is 2.55. The van der Waals surface area contributed by atoms with Gasteiger partial charge in [-0.1, -0.05) is 190 Å². The van der Waals surface area contributed by atoms with E-state index in [2.05, 4.69) is 269 Å². The van der Waals surface area contributed by atoms with E-state index in [-0.39, 0.29) is 17.4 Å². The molecule has 0 aliphatic carbocycles. The molecule has 0 saturated carbocycles. The molecule has 404 valence electrons. The monoisotopic (exact) mass is 1030 g/mol. The number of aliphatic imine (C=N–C) groups is 1. The molecule has 0 aromatic heterocycles. The van der Waals surface area contributed by atoms with Gasteiger partial charge >= 0.3 is 0 Å². The second kappa shape index (κ2) is 23.6. The van der Waals surface area contributed by atoms with Crippen LogP contribution in [0.1, 0.15) is 169 Å². The van der Waals surface area contributed by atoms with Crippen LogP contribution in [0.4, 0.5) is 0 Å². The summed E-state index contributed by atoms with van der Waals surface area (Å²) in [7, 11) is 0. The molecular formula is C75H87NO2. The van der Waals surface area contributed by atoms with E-state index in [0.29, 0.717) is 6.42 Å².